The Morgan fingerprint density at radius 2 is 1.74 bits per heavy atom. The summed E-state index contributed by atoms with van der Waals surface area (Å²) in [7, 11) is -3.65. The summed E-state index contributed by atoms with van der Waals surface area (Å²) in [4.78, 5) is 11.9. The van der Waals surface area contributed by atoms with E-state index in [4.69, 9.17) is 19.5 Å². The van der Waals surface area contributed by atoms with Gasteiger partial charge in [-0.1, -0.05) is 0 Å². The number of hydrogen-bond donors (Lipinski definition) is 1. The van der Waals surface area contributed by atoms with Gasteiger partial charge in [0.25, 0.3) is 0 Å². The summed E-state index contributed by atoms with van der Waals surface area (Å²) in [6.07, 6.45) is -5.36. The molecule has 0 heterocycles. The van der Waals surface area contributed by atoms with Gasteiger partial charge in [-0.2, -0.15) is 13.2 Å². The van der Waals surface area contributed by atoms with Crippen LogP contribution in [0.5, 0.6) is 0 Å². The van der Waals surface area contributed by atoms with Crippen LogP contribution in [0.1, 0.15) is 29.8 Å². The van der Waals surface area contributed by atoms with Crippen molar-refractivity contribution in [2.24, 2.45) is 0 Å². The zero-order chi connectivity index (χ0) is 17.7. The molecule has 10 heteroatoms. The second-order valence-corrected chi connectivity index (χ2v) is 6.35. The monoisotopic (exact) mass is 355 g/mol. The Morgan fingerprint density at radius 3 is 2.22 bits per heavy atom. The average molecular weight is 355 g/mol. The minimum absolute atomic E-state index is 0.0608. The lowest BCUT2D eigenvalue weighted by molar-refractivity contribution is -0.137. The van der Waals surface area contributed by atoms with Crippen LogP contribution in [0.4, 0.5) is 18.9 Å². The fraction of sp³-hybridized carbons (Fsp3) is 0.462. The maximum Gasteiger partial charge on any atom is 0.416 e. The zero-order valence-corrected chi connectivity index (χ0v) is 13.4. The van der Waals surface area contributed by atoms with Crippen LogP contribution in [0, 0.1) is 0 Å². The Hall–Kier alpha value is -1.57. The molecule has 1 rings (SSSR count). The van der Waals surface area contributed by atoms with Gasteiger partial charge < -0.3 is 19.5 Å². The second-order valence-electron chi connectivity index (χ2n) is 4.35. The van der Waals surface area contributed by atoms with Crippen molar-refractivity contribution >= 4 is 19.3 Å². The summed E-state index contributed by atoms with van der Waals surface area (Å²) < 4.78 is 64.8. The van der Waals surface area contributed by atoms with Gasteiger partial charge in [0.2, 0.25) is 0 Å². The number of nitrogen functional groups attached to an aromatic ring is 1. The number of ether oxygens (including phenoxy) is 1. The van der Waals surface area contributed by atoms with Crippen molar-refractivity contribution in [2.75, 3.05) is 25.3 Å². The maximum atomic E-state index is 12.7. The molecule has 0 saturated heterocycles. The van der Waals surface area contributed by atoms with E-state index in [1.807, 2.05) is 0 Å². The highest BCUT2D eigenvalue weighted by atomic mass is 31.2. The van der Waals surface area contributed by atoms with Crippen LogP contribution in [-0.2, 0) is 24.5 Å². The normalized spacial score (nSPS) is 12.2. The first kappa shape index (κ1) is 19.5. The van der Waals surface area contributed by atoms with E-state index in [-0.39, 0.29) is 18.9 Å². The van der Waals surface area contributed by atoms with Gasteiger partial charge >= 0.3 is 19.7 Å². The van der Waals surface area contributed by atoms with Crippen LogP contribution < -0.4 is 5.73 Å². The Labute approximate surface area is 131 Å². The first-order valence-corrected chi connectivity index (χ1v) is 8.37. The first-order valence-electron chi connectivity index (χ1n) is 6.64. The number of nitrogens with two attached hydrogens (primary N) is 1. The van der Waals surface area contributed by atoms with Gasteiger partial charge in [-0.15, -0.1) is 0 Å². The summed E-state index contributed by atoms with van der Waals surface area (Å²) in [6, 6.07) is 2.33. The van der Waals surface area contributed by atoms with Crippen LogP contribution in [0.25, 0.3) is 0 Å². The van der Waals surface area contributed by atoms with Gasteiger partial charge in [0.05, 0.1) is 24.3 Å². The van der Waals surface area contributed by atoms with E-state index in [0.717, 1.165) is 6.07 Å². The van der Waals surface area contributed by atoms with Crippen molar-refractivity contribution in [3.05, 3.63) is 29.3 Å². The van der Waals surface area contributed by atoms with Crippen LogP contribution in [0.2, 0.25) is 0 Å². The number of halogens is 3. The molecule has 0 saturated carbocycles. The number of anilines is 1. The summed E-state index contributed by atoms with van der Waals surface area (Å²) in [5.74, 6) is -1.11. The Bertz CT molecular complexity index is 596. The molecular weight excluding hydrogens is 338 g/mol. The lowest BCUT2D eigenvalue weighted by Gasteiger charge is -2.17. The molecule has 6 nitrogen and oxygen atoms in total. The lowest BCUT2D eigenvalue weighted by atomic mass is 10.1. The van der Waals surface area contributed by atoms with E-state index >= 15 is 0 Å². The first-order chi connectivity index (χ1) is 10.6. The number of benzene rings is 1. The molecule has 0 spiro atoms. The summed E-state index contributed by atoms with van der Waals surface area (Å²) in [5.41, 5.74) is 3.63. The van der Waals surface area contributed by atoms with Gasteiger partial charge in [-0.3, -0.25) is 4.57 Å². The Kier molecular flexibility index (Phi) is 6.61. The third-order valence-corrected chi connectivity index (χ3v) is 4.27. The molecular formula is C13H17F3NO5P. The smallest absolute Gasteiger partial charge is 0.416 e. The lowest BCUT2D eigenvalue weighted by Crippen LogP contribution is -2.12. The zero-order valence-electron chi connectivity index (χ0n) is 12.6. The standard InChI is InChI=1S/C13H17F3NO5P/c1-3-21-23(19,22-4-2)8-20-12(18)9-5-10(13(14,15)16)7-11(17)6-9/h5-7H,3-4,8,17H2,1-2H3. The highest BCUT2D eigenvalue weighted by Gasteiger charge is 2.32. The molecule has 0 aromatic heterocycles. The molecule has 0 unspecified atom stereocenters. The molecule has 2 N–H and O–H groups in total. The van der Waals surface area contributed by atoms with E-state index in [2.05, 4.69) is 0 Å². The molecule has 1 aromatic carbocycles. The highest BCUT2D eigenvalue weighted by Crippen LogP contribution is 2.48. The van der Waals surface area contributed by atoms with Crippen molar-refractivity contribution in [1.82, 2.24) is 0 Å². The topological polar surface area (TPSA) is 87.9 Å². The average Bonchev–Trinajstić information content (AvgIpc) is 2.44. The van der Waals surface area contributed by atoms with Crippen molar-refractivity contribution in [3.63, 3.8) is 0 Å². The molecule has 1 aromatic rings. The number of alkyl halides is 3. The predicted octanol–water partition coefficient (Wildman–Crippen LogP) is 3.67. The molecule has 0 aliphatic heterocycles. The SMILES string of the molecule is CCOP(=O)(COC(=O)c1cc(N)cc(C(F)(F)F)c1)OCC. The molecule has 0 atom stereocenters. The molecule has 0 aliphatic carbocycles. The molecule has 23 heavy (non-hydrogen) atoms. The summed E-state index contributed by atoms with van der Waals surface area (Å²) in [6.45, 7) is 3.26. The van der Waals surface area contributed by atoms with Crippen LogP contribution in [0.15, 0.2) is 18.2 Å². The second kappa shape index (κ2) is 7.81. The van der Waals surface area contributed by atoms with Gasteiger partial charge in [-0.05, 0) is 32.0 Å². The third kappa shape index (κ3) is 5.85. The minimum Gasteiger partial charge on any atom is -0.449 e. The molecule has 0 bridgehead atoms. The molecule has 130 valence electrons. The van der Waals surface area contributed by atoms with Crippen molar-refractivity contribution in [3.8, 4) is 0 Å². The Morgan fingerprint density at radius 1 is 1.17 bits per heavy atom. The summed E-state index contributed by atoms with van der Waals surface area (Å²) >= 11 is 0. The number of carbonyl (C=O) groups excluding carboxylic acids is 1. The number of hydrogen-bond acceptors (Lipinski definition) is 6. The predicted molar refractivity (Wildman–Crippen MR) is 77.0 cm³/mol. The molecule has 0 fully saturated rings. The van der Waals surface area contributed by atoms with E-state index in [1.165, 1.54) is 0 Å². The number of carbonyl (C=O) groups is 1. The quantitative estimate of drug-likeness (QED) is 0.456. The van der Waals surface area contributed by atoms with Gasteiger partial charge in [-0.25, -0.2) is 4.79 Å². The van der Waals surface area contributed by atoms with Gasteiger partial charge in [0.15, 0.2) is 6.35 Å². The molecule has 0 radical (unpaired) electrons. The van der Waals surface area contributed by atoms with E-state index in [1.54, 1.807) is 13.8 Å². The van der Waals surface area contributed by atoms with Gasteiger partial charge in [0.1, 0.15) is 0 Å². The highest BCUT2D eigenvalue weighted by molar-refractivity contribution is 7.53. The van der Waals surface area contributed by atoms with E-state index < -0.39 is 37.2 Å². The van der Waals surface area contributed by atoms with Crippen molar-refractivity contribution in [1.29, 1.82) is 0 Å². The fourth-order valence-electron chi connectivity index (χ4n) is 1.66. The van der Waals surface area contributed by atoms with E-state index in [0.29, 0.717) is 12.1 Å². The molecule has 0 amide bonds. The van der Waals surface area contributed by atoms with Gasteiger partial charge in [0, 0.05) is 5.69 Å². The maximum absolute atomic E-state index is 12.7. The molecule has 0 aliphatic rings. The number of rotatable bonds is 7. The van der Waals surface area contributed by atoms with Crippen LogP contribution >= 0.6 is 7.60 Å². The summed E-state index contributed by atoms with van der Waals surface area (Å²) in [5, 5.41) is 0. The van der Waals surface area contributed by atoms with Crippen molar-refractivity contribution in [2.45, 2.75) is 20.0 Å². The van der Waals surface area contributed by atoms with Crippen molar-refractivity contribution < 1.29 is 36.3 Å². The largest absolute Gasteiger partial charge is 0.449 e. The van der Waals surface area contributed by atoms with Crippen LogP contribution in [-0.4, -0.2) is 25.5 Å². The Balaban J connectivity index is 2.90. The number of esters is 1. The third-order valence-electron chi connectivity index (χ3n) is 2.52. The van der Waals surface area contributed by atoms with Crippen LogP contribution in [0.3, 0.4) is 0 Å². The van der Waals surface area contributed by atoms with E-state index in [9.17, 15) is 22.5 Å². The minimum atomic E-state index is -4.66. The fourth-order valence-corrected chi connectivity index (χ4v) is 2.95.